The van der Waals surface area contributed by atoms with E-state index < -0.39 is 23.7 Å². The molecule has 1 saturated carbocycles. The van der Waals surface area contributed by atoms with Gasteiger partial charge < -0.3 is 9.84 Å². The van der Waals surface area contributed by atoms with Gasteiger partial charge in [0, 0.05) is 12.0 Å². The van der Waals surface area contributed by atoms with Crippen LogP contribution in [0.2, 0.25) is 0 Å². The summed E-state index contributed by atoms with van der Waals surface area (Å²) >= 11 is 0. The molecular formula is C13H21NO4. The fourth-order valence-corrected chi connectivity index (χ4v) is 2.95. The zero-order valence-electron chi connectivity index (χ0n) is 11.4. The van der Waals surface area contributed by atoms with Gasteiger partial charge in [-0.1, -0.05) is 6.92 Å². The summed E-state index contributed by atoms with van der Waals surface area (Å²) in [7, 11) is 0. The molecule has 2 aliphatic rings. The van der Waals surface area contributed by atoms with E-state index in [0.717, 1.165) is 12.8 Å². The molecule has 1 N–H and O–H groups in total. The third-order valence-corrected chi connectivity index (χ3v) is 4.00. The molecule has 0 aromatic rings. The molecule has 2 rings (SSSR count). The van der Waals surface area contributed by atoms with Crippen LogP contribution < -0.4 is 0 Å². The van der Waals surface area contributed by atoms with Gasteiger partial charge in [-0.3, -0.25) is 4.90 Å². The molecule has 2 atom stereocenters. The molecule has 0 bridgehead atoms. The highest BCUT2D eigenvalue weighted by atomic mass is 16.6. The van der Waals surface area contributed by atoms with Crippen molar-refractivity contribution in [1.82, 2.24) is 4.90 Å². The first-order chi connectivity index (χ1) is 8.17. The molecular weight excluding hydrogens is 234 g/mol. The maximum Gasteiger partial charge on any atom is 0.411 e. The Morgan fingerprint density at radius 1 is 1.33 bits per heavy atom. The van der Waals surface area contributed by atoms with Crippen molar-refractivity contribution in [3.8, 4) is 0 Å². The molecule has 0 unspecified atom stereocenters. The second-order valence-electron chi connectivity index (χ2n) is 6.51. The number of carboxylic acid groups (broad SMARTS) is 1. The van der Waals surface area contributed by atoms with Gasteiger partial charge in [0.05, 0.1) is 0 Å². The Morgan fingerprint density at radius 2 is 1.89 bits per heavy atom. The van der Waals surface area contributed by atoms with E-state index in [0.29, 0.717) is 6.54 Å². The number of rotatable bonds is 1. The van der Waals surface area contributed by atoms with E-state index in [1.54, 1.807) is 20.8 Å². The van der Waals surface area contributed by atoms with Crippen molar-refractivity contribution in [3.05, 3.63) is 0 Å². The number of carbonyl (C=O) groups is 2. The van der Waals surface area contributed by atoms with Crippen molar-refractivity contribution in [2.75, 3.05) is 6.54 Å². The average molecular weight is 255 g/mol. The van der Waals surface area contributed by atoms with Gasteiger partial charge in [0.15, 0.2) is 0 Å². The topological polar surface area (TPSA) is 66.8 Å². The minimum Gasteiger partial charge on any atom is -0.480 e. The van der Waals surface area contributed by atoms with Gasteiger partial charge in [-0.15, -0.1) is 0 Å². The SMILES string of the molecule is C[C@@H]1CN(C(=O)OC(C)(C)C)[C@H](C(=O)O)C12CC2. The number of aliphatic carboxylic acids is 1. The first-order valence-corrected chi connectivity index (χ1v) is 6.40. The van der Waals surface area contributed by atoms with Crippen LogP contribution in [0, 0.1) is 11.3 Å². The van der Waals surface area contributed by atoms with Gasteiger partial charge in [0.25, 0.3) is 0 Å². The molecule has 1 aliphatic carbocycles. The molecule has 1 aliphatic heterocycles. The molecule has 0 aromatic heterocycles. The second-order valence-corrected chi connectivity index (χ2v) is 6.51. The molecule has 1 heterocycles. The number of carboxylic acids is 1. The minimum absolute atomic E-state index is 0.206. The van der Waals surface area contributed by atoms with Crippen LogP contribution in [0.15, 0.2) is 0 Å². The zero-order valence-corrected chi connectivity index (χ0v) is 11.4. The smallest absolute Gasteiger partial charge is 0.411 e. The Bertz CT molecular complexity index is 381. The quantitative estimate of drug-likeness (QED) is 0.779. The number of likely N-dealkylation sites (tertiary alicyclic amines) is 1. The number of carbonyl (C=O) groups excluding carboxylic acids is 1. The van der Waals surface area contributed by atoms with Crippen LogP contribution in [-0.4, -0.2) is 40.3 Å². The Hall–Kier alpha value is -1.26. The summed E-state index contributed by atoms with van der Waals surface area (Å²) in [4.78, 5) is 24.9. The number of ether oxygens (including phenoxy) is 1. The van der Waals surface area contributed by atoms with Crippen LogP contribution in [0.3, 0.4) is 0 Å². The zero-order chi connectivity index (χ0) is 13.7. The molecule has 1 amide bonds. The molecule has 102 valence electrons. The van der Waals surface area contributed by atoms with Gasteiger partial charge in [-0.25, -0.2) is 9.59 Å². The van der Waals surface area contributed by atoms with E-state index in [4.69, 9.17) is 4.74 Å². The van der Waals surface area contributed by atoms with Crippen LogP contribution in [0.25, 0.3) is 0 Å². The normalized spacial score (nSPS) is 29.4. The highest BCUT2D eigenvalue weighted by molar-refractivity contribution is 5.82. The fourth-order valence-electron chi connectivity index (χ4n) is 2.95. The van der Waals surface area contributed by atoms with Gasteiger partial charge in [-0.05, 0) is 39.5 Å². The third kappa shape index (κ3) is 2.06. The van der Waals surface area contributed by atoms with Crippen molar-refractivity contribution in [3.63, 3.8) is 0 Å². The van der Waals surface area contributed by atoms with Crippen LogP contribution in [0.4, 0.5) is 4.79 Å². The van der Waals surface area contributed by atoms with Crippen LogP contribution in [-0.2, 0) is 9.53 Å². The lowest BCUT2D eigenvalue weighted by Gasteiger charge is -2.28. The van der Waals surface area contributed by atoms with Crippen LogP contribution in [0.1, 0.15) is 40.5 Å². The van der Waals surface area contributed by atoms with Crippen molar-refractivity contribution < 1.29 is 19.4 Å². The van der Waals surface area contributed by atoms with Crippen LogP contribution >= 0.6 is 0 Å². The monoisotopic (exact) mass is 255 g/mol. The summed E-state index contributed by atoms with van der Waals surface area (Å²) < 4.78 is 5.30. The Labute approximate surface area is 107 Å². The maximum atomic E-state index is 12.1. The lowest BCUT2D eigenvalue weighted by atomic mass is 9.88. The van der Waals surface area contributed by atoms with E-state index in [1.165, 1.54) is 4.90 Å². The predicted octanol–water partition coefficient (Wildman–Crippen LogP) is 2.11. The predicted molar refractivity (Wildman–Crippen MR) is 65.2 cm³/mol. The molecule has 2 fully saturated rings. The Kier molecular flexibility index (Phi) is 2.83. The minimum atomic E-state index is -0.914. The lowest BCUT2D eigenvalue weighted by molar-refractivity contribution is -0.144. The van der Waals surface area contributed by atoms with E-state index in [9.17, 15) is 14.7 Å². The standard InChI is InChI=1S/C13H21NO4/c1-8-7-14(11(17)18-12(2,3)4)9(10(15)16)13(8)5-6-13/h8-9H,5-7H2,1-4H3,(H,15,16)/t8-,9-/m1/s1. The highest BCUT2D eigenvalue weighted by Gasteiger charge is 2.64. The van der Waals surface area contributed by atoms with Crippen molar-refractivity contribution in [2.45, 2.75) is 52.2 Å². The summed E-state index contributed by atoms with van der Waals surface area (Å²) in [5.41, 5.74) is -0.800. The third-order valence-electron chi connectivity index (χ3n) is 4.00. The van der Waals surface area contributed by atoms with E-state index in [2.05, 4.69) is 0 Å². The number of hydrogen-bond donors (Lipinski definition) is 1. The fraction of sp³-hybridized carbons (Fsp3) is 0.846. The van der Waals surface area contributed by atoms with Crippen molar-refractivity contribution >= 4 is 12.1 Å². The van der Waals surface area contributed by atoms with Crippen molar-refractivity contribution in [1.29, 1.82) is 0 Å². The van der Waals surface area contributed by atoms with Gasteiger partial charge in [0.2, 0.25) is 0 Å². The molecule has 1 saturated heterocycles. The summed E-state index contributed by atoms with van der Waals surface area (Å²) in [6.07, 6.45) is 1.28. The summed E-state index contributed by atoms with van der Waals surface area (Å²) in [6, 6.07) is -0.720. The first-order valence-electron chi connectivity index (χ1n) is 6.40. The van der Waals surface area contributed by atoms with E-state index >= 15 is 0 Å². The summed E-state index contributed by atoms with van der Waals surface area (Å²) in [5, 5.41) is 9.37. The molecule has 18 heavy (non-hydrogen) atoms. The molecule has 5 heteroatoms. The van der Waals surface area contributed by atoms with E-state index in [1.807, 2.05) is 6.92 Å². The van der Waals surface area contributed by atoms with Crippen LogP contribution in [0.5, 0.6) is 0 Å². The highest BCUT2D eigenvalue weighted by Crippen LogP contribution is 2.60. The Balaban J connectivity index is 2.18. The average Bonchev–Trinajstić information content (AvgIpc) is 2.87. The number of nitrogens with zero attached hydrogens (tertiary/aromatic N) is 1. The summed E-state index contributed by atoms with van der Waals surface area (Å²) in [5.74, 6) is -0.686. The van der Waals surface area contributed by atoms with E-state index in [-0.39, 0.29) is 11.3 Å². The van der Waals surface area contributed by atoms with Gasteiger partial charge in [-0.2, -0.15) is 0 Å². The molecule has 1 spiro atoms. The van der Waals surface area contributed by atoms with Gasteiger partial charge in [0.1, 0.15) is 11.6 Å². The van der Waals surface area contributed by atoms with Crippen molar-refractivity contribution in [2.24, 2.45) is 11.3 Å². The number of amides is 1. The first kappa shape index (κ1) is 13.2. The maximum absolute atomic E-state index is 12.1. The summed E-state index contributed by atoms with van der Waals surface area (Å²) in [6.45, 7) is 7.85. The molecule has 0 aromatic carbocycles. The number of hydrogen-bond acceptors (Lipinski definition) is 3. The lowest BCUT2D eigenvalue weighted by Crippen LogP contribution is -2.46. The second kappa shape index (κ2) is 3.87. The molecule has 0 radical (unpaired) electrons. The largest absolute Gasteiger partial charge is 0.480 e. The van der Waals surface area contributed by atoms with Gasteiger partial charge >= 0.3 is 12.1 Å². The Morgan fingerprint density at radius 3 is 2.28 bits per heavy atom. The molecule has 5 nitrogen and oxygen atoms in total.